The van der Waals surface area contributed by atoms with Gasteiger partial charge in [0, 0.05) is 18.8 Å². The predicted octanol–water partition coefficient (Wildman–Crippen LogP) is 1.68. The molecule has 1 aromatic heterocycles. The molecule has 0 radical (unpaired) electrons. The molecule has 2 N–H and O–H groups in total. The highest BCUT2D eigenvalue weighted by Gasteiger charge is 2.13. The smallest absolute Gasteiger partial charge is 0.271 e. The molecular formula is C14H17N3O2. The van der Waals surface area contributed by atoms with Gasteiger partial charge in [-0.15, -0.1) is 0 Å². The molecule has 100 valence electrons. The number of aromatic nitrogens is 2. The third kappa shape index (κ3) is 2.66. The zero-order chi connectivity index (χ0) is 13.8. The Hall–Kier alpha value is -2.14. The van der Waals surface area contributed by atoms with Crippen LogP contribution in [-0.2, 0) is 0 Å². The van der Waals surface area contributed by atoms with Crippen molar-refractivity contribution in [3.8, 4) is 5.69 Å². The maximum Gasteiger partial charge on any atom is 0.271 e. The summed E-state index contributed by atoms with van der Waals surface area (Å²) in [6, 6.07) is 9.14. The minimum Gasteiger partial charge on any atom is -0.388 e. The number of benzene rings is 1. The van der Waals surface area contributed by atoms with Crippen molar-refractivity contribution in [1.29, 1.82) is 0 Å². The largest absolute Gasteiger partial charge is 0.388 e. The SMILES string of the molecule is CC[C@H](O)c1ccccc1-n1ccc(C(=O)NC)n1. The molecule has 5 heteroatoms. The number of aliphatic hydroxyl groups excluding tert-OH is 1. The van der Waals surface area contributed by atoms with Crippen molar-refractivity contribution < 1.29 is 9.90 Å². The van der Waals surface area contributed by atoms with E-state index in [4.69, 9.17) is 0 Å². The molecule has 0 aliphatic rings. The molecule has 5 nitrogen and oxygen atoms in total. The Bertz CT molecular complexity index is 578. The second-order valence-corrected chi connectivity index (χ2v) is 4.21. The highest BCUT2D eigenvalue weighted by molar-refractivity contribution is 5.91. The Labute approximate surface area is 111 Å². The summed E-state index contributed by atoms with van der Waals surface area (Å²) < 4.78 is 1.61. The van der Waals surface area contributed by atoms with Gasteiger partial charge >= 0.3 is 0 Å². The van der Waals surface area contributed by atoms with Crippen molar-refractivity contribution in [2.45, 2.75) is 19.4 Å². The van der Waals surface area contributed by atoms with Gasteiger partial charge in [-0.2, -0.15) is 5.10 Å². The lowest BCUT2D eigenvalue weighted by Crippen LogP contribution is -2.18. The van der Waals surface area contributed by atoms with Gasteiger partial charge in [-0.25, -0.2) is 4.68 Å². The van der Waals surface area contributed by atoms with Crippen LogP contribution in [0.3, 0.4) is 0 Å². The summed E-state index contributed by atoms with van der Waals surface area (Å²) in [5.41, 5.74) is 1.94. The fourth-order valence-corrected chi connectivity index (χ4v) is 1.91. The summed E-state index contributed by atoms with van der Waals surface area (Å²) in [5.74, 6) is -0.229. The van der Waals surface area contributed by atoms with Gasteiger partial charge in [-0.1, -0.05) is 25.1 Å². The number of aliphatic hydroxyl groups is 1. The summed E-state index contributed by atoms with van der Waals surface area (Å²) in [6.07, 6.45) is 1.80. The first-order chi connectivity index (χ1) is 9.17. The van der Waals surface area contributed by atoms with Crippen molar-refractivity contribution in [2.24, 2.45) is 0 Å². The second-order valence-electron chi connectivity index (χ2n) is 4.21. The molecule has 0 saturated heterocycles. The molecule has 2 rings (SSSR count). The van der Waals surface area contributed by atoms with Crippen molar-refractivity contribution in [2.75, 3.05) is 7.05 Å². The molecule has 0 spiro atoms. The fourth-order valence-electron chi connectivity index (χ4n) is 1.91. The summed E-state index contributed by atoms with van der Waals surface area (Å²) in [5, 5.41) is 16.8. The first kappa shape index (κ1) is 13.3. The van der Waals surface area contributed by atoms with Crippen LogP contribution in [-0.4, -0.2) is 27.8 Å². The van der Waals surface area contributed by atoms with E-state index in [0.717, 1.165) is 11.3 Å². The normalized spacial score (nSPS) is 12.2. The minimum absolute atomic E-state index is 0.229. The number of para-hydroxylation sites is 1. The third-order valence-electron chi connectivity index (χ3n) is 2.98. The van der Waals surface area contributed by atoms with Gasteiger partial charge in [-0.05, 0) is 18.6 Å². The highest BCUT2D eigenvalue weighted by atomic mass is 16.3. The number of hydrogen-bond acceptors (Lipinski definition) is 3. The average Bonchev–Trinajstić information content (AvgIpc) is 2.95. The Morgan fingerprint density at radius 2 is 2.16 bits per heavy atom. The summed E-state index contributed by atoms with van der Waals surface area (Å²) in [7, 11) is 1.57. The van der Waals surface area contributed by atoms with E-state index in [-0.39, 0.29) is 5.91 Å². The lowest BCUT2D eigenvalue weighted by molar-refractivity contribution is 0.0957. The van der Waals surface area contributed by atoms with Crippen LogP contribution in [0.1, 0.15) is 35.5 Å². The molecule has 0 unspecified atom stereocenters. The van der Waals surface area contributed by atoms with Crippen LogP contribution in [0.5, 0.6) is 0 Å². The Morgan fingerprint density at radius 1 is 1.42 bits per heavy atom. The zero-order valence-electron chi connectivity index (χ0n) is 11.0. The van der Waals surface area contributed by atoms with E-state index >= 15 is 0 Å². The molecule has 0 saturated carbocycles. The highest BCUT2D eigenvalue weighted by Crippen LogP contribution is 2.23. The Balaban J connectivity index is 2.42. The summed E-state index contributed by atoms with van der Waals surface area (Å²) in [6.45, 7) is 1.92. The second kappa shape index (κ2) is 5.67. The third-order valence-corrected chi connectivity index (χ3v) is 2.98. The van der Waals surface area contributed by atoms with Gasteiger partial charge in [0.1, 0.15) is 0 Å². The topological polar surface area (TPSA) is 67.2 Å². The number of amides is 1. The van der Waals surface area contributed by atoms with Gasteiger partial charge in [0.05, 0.1) is 11.8 Å². The minimum atomic E-state index is -0.538. The van der Waals surface area contributed by atoms with Crippen LogP contribution < -0.4 is 5.32 Å². The molecular weight excluding hydrogens is 242 g/mol. The van der Waals surface area contributed by atoms with Crippen LogP contribution in [0.4, 0.5) is 0 Å². The number of carbonyl (C=O) groups excluding carboxylic acids is 1. The summed E-state index contributed by atoms with van der Waals surface area (Å²) in [4.78, 5) is 11.5. The van der Waals surface area contributed by atoms with Gasteiger partial charge in [0.2, 0.25) is 0 Å². The molecule has 0 aliphatic carbocycles. The molecule has 2 aromatic rings. The van der Waals surface area contributed by atoms with E-state index in [0.29, 0.717) is 12.1 Å². The number of rotatable bonds is 4. The average molecular weight is 259 g/mol. The van der Waals surface area contributed by atoms with E-state index in [1.807, 2.05) is 31.2 Å². The van der Waals surface area contributed by atoms with Crippen LogP contribution in [0.2, 0.25) is 0 Å². The first-order valence-electron chi connectivity index (χ1n) is 6.22. The quantitative estimate of drug-likeness (QED) is 0.877. The molecule has 19 heavy (non-hydrogen) atoms. The van der Waals surface area contributed by atoms with E-state index in [1.54, 1.807) is 24.0 Å². The first-order valence-corrected chi connectivity index (χ1v) is 6.22. The zero-order valence-corrected chi connectivity index (χ0v) is 11.0. The fraction of sp³-hybridized carbons (Fsp3) is 0.286. The monoisotopic (exact) mass is 259 g/mol. The van der Waals surface area contributed by atoms with Crippen molar-refractivity contribution >= 4 is 5.91 Å². The molecule has 0 aliphatic heterocycles. The molecule has 1 aromatic carbocycles. The van der Waals surface area contributed by atoms with Crippen LogP contribution in [0.25, 0.3) is 5.69 Å². The van der Waals surface area contributed by atoms with Crippen molar-refractivity contribution in [3.63, 3.8) is 0 Å². The Morgan fingerprint density at radius 3 is 2.84 bits per heavy atom. The molecule has 1 amide bonds. The standard InChI is InChI=1S/C14H17N3O2/c1-3-13(18)10-6-4-5-7-12(10)17-9-8-11(16-17)14(19)15-2/h4-9,13,18H,3H2,1-2H3,(H,15,19)/t13-/m0/s1. The van der Waals surface area contributed by atoms with Crippen molar-refractivity contribution in [1.82, 2.24) is 15.1 Å². The Kier molecular flexibility index (Phi) is 3.97. The molecule has 0 bridgehead atoms. The lowest BCUT2D eigenvalue weighted by atomic mass is 10.1. The van der Waals surface area contributed by atoms with E-state index in [2.05, 4.69) is 10.4 Å². The molecule has 0 fully saturated rings. The van der Waals surface area contributed by atoms with Crippen LogP contribution in [0, 0.1) is 0 Å². The van der Waals surface area contributed by atoms with E-state index in [9.17, 15) is 9.90 Å². The van der Waals surface area contributed by atoms with E-state index in [1.165, 1.54) is 0 Å². The van der Waals surface area contributed by atoms with Gasteiger partial charge in [-0.3, -0.25) is 4.79 Å². The molecule has 1 atom stereocenters. The molecule has 1 heterocycles. The van der Waals surface area contributed by atoms with Gasteiger partial charge < -0.3 is 10.4 Å². The van der Waals surface area contributed by atoms with Crippen LogP contribution >= 0.6 is 0 Å². The maximum absolute atomic E-state index is 11.5. The van der Waals surface area contributed by atoms with E-state index < -0.39 is 6.10 Å². The lowest BCUT2D eigenvalue weighted by Gasteiger charge is -2.13. The summed E-state index contributed by atoms with van der Waals surface area (Å²) >= 11 is 0. The van der Waals surface area contributed by atoms with Crippen LogP contribution in [0.15, 0.2) is 36.5 Å². The number of hydrogen-bond donors (Lipinski definition) is 2. The van der Waals surface area contributed by atoms with Gasteiger partial charge in [0.15, 0.2) is 5.69 Å². The predicted molar refractivity (Wildman–Crippen MR) is 72.2 cm³/mol. The number of nitrogens with zero attached hydrogens (tertiary/aromatic N) is 2. The number of carbonyl (C=O) groups is 1. The number of nitrogens with one attached hydrogen (secondary N) is 1. The van der Waals surface area contributed by atoms with Gasteiger partial charge in [0.25, 0.3) is 5.91 Å². The maximum atomic E-state index is 11.5. The van der Waals surface area contributed by atoms with Crippen molar-refractivity contribution in [3.05, 3.63) is 47.8 Å².